The molecule has 4 aromatic rings. The number of halogens is 1. The number of hydrogen-bond acceptors (Lipinski definition) is 8. The fraction of sp³-hybridized carbons (Fsp3) is 0.259. The lowest BCUT2D eigenvalue weighted by Gasteiger charge is -2.22. The summed E-state index contributed by atoms with van der Waals surface area (Å²) in [6.45, 7) is 2.32. The number of nitrogens with zero attached hydrogens (tertiary/aromatic N) is 3. The quantitative estimate of drug-likeness (QED) is 0.244. The summed E-state index contributed by atoms with van der Waals surface area (Å²) in [6, 6.07) is 14.3. The van der Waals surface area contributed by atoms with Crippen LogP contribution in [0, 0.1) is 0 Å². The number of thiazole rings is 1. The highest BCUT2D eigenvalue weighted by Crippen LogP contribution is 2.28. The minimum absolute atomic E-state index is 0.127. The summed E-state index contributed by atoms with van der Waals surface area (Å²) in [7, 11) is 3.36. The Kier molecular flexibility index (Phi) is 7.88. The first-order valence-electron chi connectivity index (χ1n) is 11.8. The Morgan fingerprint density at radius 1 is 1.05 bits per heavy atom. The summed E-state index contributed by atoms with van der Waals surface area (Å²) in [6.07, 6.45) is -0.257. The van der Waals surface area contributed by atoms with Gasteiger partial charge in [-0.15, -0.1) is 11.3 Å². The lowest BCUT2D eigenvalue weighted by atomic mass is 10.0. The number of carbonyl (C=O) groups is 2. The van der Waals surface area contributed by atoms with Gasteiger partial charge in [-0.1, -0.05) is 0 Å². The van der Waals surface area contributed by atoms with Crippen molar-refractivity contribution >= 4 is 56.2 Å². The third-order valence-electron chi connectivity index (χ3n) is 5.78. The number of fused-ring (bicyclic) bond motifs is 1. The van der Waals surface area contributed by atoms with Crippen LogP contribution >= 0.6 is 11.3 Å². The van der Waals surface area contributed by atoms with Gasteiger partial charge in [-0.3, -0.25) is 9.59 Å². The lowest BCUT2D eigenvalue weighted by molar-refractivity contribution is -0.00177. The average molecular weight is 537 g/mol. The SMILES string of the molecule is CN(C)C(=O)c1ccc(Nc2cc(Nc3ccc4ncsc4c3)ncc2C(=O)NCC(F)C(C)(C)O)cc1. The Hall–Kier alpha value is -4.09. The fourth-order valence-corrected chi connectivity index (χ4v) is 4.24. The van der Waals surface area contributed by atoms with Gasteiger partial charge in [0.2, 0.25) is 0 Å². The van der Waals surface area contributed by atoms with Crippen LogP contribution in [0.1, 0.15) is 34.6 Å². The second kappa shape index (κ2) is 11.1. The summed E-state index contributed by atoms with van der Waals surface area (Å²) >= 11 is 1.53. The summed E-state index contributed by atoms with van der Waals surface area (Å²) < 4.78 is 15.3. The number of benzene rings is 2. The predicted octanol–water partition coefficient (Wildman–Crippen LogP) is 4.72. The monoisotopic (exact) mass is 536 g/mol. The third kappa shape index (κ3) is 6.42. The molecule has 1 unspecified atom stereocenters. The van der Waals surface area contributed by atoms with Crippen LogP contribution in [-0.4, -0.2) is 64.2 Å². The number of hydrogen-bond donors (Lipinski definition) is 4. The molecule has 0 fully saturated rings. The molecule has 2 aromatic heterocycles. The van der Waals surface area contributed by atoms with E-state index in [-0.39, 0.29) is 18.0 Å². The average Bonchev–Trinajstić information content (AvgIpc) is 3.34. The van der Waals surface area contributed by atoms with Crippen molar-refractivity contribution in [2.75, 3.05) is 31.3 Å². The fourth-order valence-electron chi connectivity index (χ4n) is 3.53. The van der Waals surface area contributed by atoms with E-state index >= 15 is 0 Å². The van der Waals surface area contributed by atoms with Gasteiger partial charge < -0.3 is 26.0 Å². The minimum atomic E-state index is -1.65. The smallest absolute Gasteiger partial charge is 0.255 e. The van der Waals surface area contributed by atoms with E-state index < -0.39 is 17.7 Å². The van der Waals surface area contributed by atoms with Gasteiger partial charge in [0.05, 0.1) is 39.1 Å². The molecular weight excluding hydrogens is 507 g/mol. The molecule has 198 valence electrons. The Balaban J connectivity index is 1.60. The molecule has 0 saturated carbocycles. The first-order chi connectivity index (χ1) is 18.0. The number of anilines is 4. The zero-order valence-electron chi connectivity index (χ0n) is 21.4. The second-order valence-corrected chi connectivity index (χ2v) is 10.4. The molecule has 4 rings (SSSR count). The van der Waals surface area contributed by atoms with Gasteiger partial charge in [-0.05, 0) is 56.3 Å². The molecule has 0 bridgehead atoms. The Morgan fingerprint density at radius 3 is 2.45 bits per heavy atom. The highest BCUT2D eigenvalue weighted by molar-refractivity contribution is 7.16. The van der Waals surface area contributed by atoms with E-state index in [4.69, 9.17) is 0 Å². The number of rotatable bonds is 9. The third-order valence-corrected chi connectivity index (χ3v) is 6.57. The van der Waals surface area contributed by atoms with E-state index in [2.05, 4.69) is 25.9 Å². The number of nitrogens with one attached hydrogen (secondary N) is 3. The normalized spacial score (nSPS) is 12.2. The van der Waals surface area contributed by atoms with E-state index in [0.717, 1.165) is 15.9 Å². The highest BCUT2D eigenvalue weighted by Gasteiger charge is 2.27. The number of aliphatic hydroxyl groups is 1. The van der Waals surface area contributed by atoms with Gasteiger partial charge in [0.15, 0.2) is 0 Å². The van der Waals surface area contributed by atoms with Gasteiger partial charge >= 0.3 is 0 Å². The summed E-state index contributed by atoms with van der Waals surface area (Å²) in [4.78, 5) is 35.4. The molecular formula is C27H29FN6O3S. The van der Waals surface area contributed by atoms with Gasteiger partial charge in [-0.2, -0.15) is 0 Å². The van der Waals surface area contributed by atoms with E-state index in [1.165, 1.54) is 36.3 Å². The van der Waals surface area contributed by atoms with E-state index in [0.29, 0.717) is 22.8 Å². The number of carbonyl (C=O) groups excluding carboxylic acids is 2. The largest absolute Gasteiger partial charge is 0.387 e. The van der Waals surface area contributed by atoms with Crippen molar-refractivity contribution in [3.63, 3.8) is 0 Å². The van der Waals surface area contributed by atoms with Crippen molar-refractivity contribution in [2.24, 2.45) is 0 Å². The summed E-state index contributed by atoms with van der Waals surface area (Å²) in [5.74, 6) is -0.200. The van der Waals surface area contributed by atoms with E-state index in [1.807, 2.05) is 18.2 Å². The van der Waals surface area contributed by atoms with Crippen molar-refractivity contribution in [3.8, 4) is 0 Å². The molecule has 0 saturated heterocycles. The maximum absolute atomic E-state index is 14.2. The molecule has 38 heavy (non-hydrogen) atoms. The van der Waals surface area contributed by atoms with Crippen molar-refractivity contribution in [3.05, 3.63) is 71.4 Å². The Bertz CT molecular complexity index is 1450. The van der Waals surface area contributed by atoms with Crippen LogP contribution in [0.3, 0.4) is 0 Å². The molecule has 1 atom stereocenters. The Morgan fingerprint density at radius 2 is 1.76 bits per heavy atom. The van der Waals surface area contributed by atoms with Crippen molar-refractivity contribution in [1.29, 1.82) is 0 Å². The molecule has 0 radical (unpaired) electrons. The van der Waals surface area contributed by atoms with Crippen LogP contribution in [0.15, 0.2) is 60.2 Å². The minimum Gasteiger partial charge on any atom is -0.387 e. The maximum Gasteiger partial charge on any atom is 0.255 e. The van der Waals surface area contributed by atoms with Crippen LogP contribution in [0.5, 0.6) is 0 Å². The molecule has 2 aromatic carbocycles. The van der Waals surface area contributed by atoms with Crippen LogP contribution in [-0.2, 0) is 0 Å². The highest BCUT2D eigenvalue weighted by atomic mass is 32.1. The molecule has 2 heterocycles. The molecule has 11 heteroatoms. The number of amides is 2. The molecule has 0 aliphatic carbocycles. The first kappa shape index (κ1) is 27.0. The Labute approximate surface area is 223 Å². The maximum atomic E-state index is 14.2. The molecule has 0 aliphatic rings. The lowest BCUT2D eigenvalue weighted by Crippen LogP contribution is -2.42. The van der Waals surface area contributed by atoms with Gasteiger partial charge in [-0.25, -0.2) is 14.4 Å². The number of alkyl halides is 1. The van der Waals surface area contributed by atoms with Crippen LogP contribution in [0.4, 0.5) is 27.3 Å². The van der Waals surface area contributed by atoms with Crippen LogP contribution < -0.4 is 16.0 Å². The number of aromatic nitrogens is 2. The van der Waals surface area contributed by atoms with Gasteiger partial charge in [0, 0.05) is 43.3 Å². The molecule has 2 amide bonds. The van der Waals surface area contributed by atoms with Crippen molar-refractivity contribution < 1.29 is 19.1 Å². The standard InChI is InChI=1S/C27H29FN6O3S/c1-27(2,37)23(28)14-30-25(35)19-13-29-24(33-18-9-10-20-22(11-18)38-15-31-20)12-21(19)32-17-7-5-16(6-8-17)26(36)34(3)4/h5-13,15,23,37H,14H2,1-4H3,(H,30,35)(H2,29,32,33). The van der Waals surface area contributed by atoms with Crippen LogP contribution in [0.2, 0.25) is 0 Å². The summed E-state index contributed by atoms with van der Waals surface area (Å²) in [5, 5.41) is 18.8. The predicted molar refractivity (Wildman–Crippen MR) is 148 cm³/mol. The van der Waals surface area contributed by atoms with Crippen LogP contribution in [0.25, 0.3) is 10.2 Å². The van der Waals surface area contributed by atoms with Crippen molar-refractivity contribution in [2.45, 2.75) is 25.6 Å². The topological polar surface area (TPSA) is 119 Å². The first-order valence-corrected chi connectivity index (χ1v) is 12.7. The molecule has 9 nitrogen and oxygen atoms in total. The van der Waals surface area contributed by atoms with Crippen molar-refractivity contribution in [1.82, 2.24) is 20.2 Å². The molecule has 0 spiro atoms. The zero-order chi connectivity index (χ0) is 27.4. The van der Waals surface area contributed by atoms with Gasteiger partial charge in [0.25, 0.3) is 11.8 Å². The zero-order valence-corrected chi connectivity index (χ0v) is 22.3. The molecule has 0 aliphatic heterocycles. The van der Waals surface area contributed by atoms with E-state index in [9.17, 15) is 19.1 Å². The van der Waals surface area contributed by atoms with Gasteiger partial charge in [0.1, 0.15) is 12.0 Å². The number of pyridine rings is 1. The second-order valence-electron chi connectivity index (χ2n) is 9.51. The molecule has 4 N–H and O–H groups in total. The van der Waals surface area contributed by atoms with E-state index in [1.54, 1.807) is 49.9 Å². The summed E-state index contributed by atoms with van der Waals surface area (Å²) in [5.41, 5.74) is 3.65.